The number of hydrogen-bond donors (Lipinski definition) is 0. The first kappa shape index (κ1) is 31.5. The van der Waals surface area contributed by atoms with Crippen LogP contribution in [0, 0.1) is 0 Å². The first-order valence-corrected chi connectivity index (χ1v) is 14.6. The maximum Gasteiger partial charge on any atom is 0.311 e. The number of carbonyl (C=O) groups is 2. The molecule has 35 heavy (non-hydrogen) atoms. The SMILES string of the molecule is CCCCCCCCCCCCCCOC(=O)CCCCCCCCC(=O)Oc1cccc(Cl)c1. The van der Waals surface area contributed by atoms with E-state index in [1.807, 2.05) is 0 Å². The van der Waals surface area contributed by atoms with E-state index in [2.05, 4.69) is 6.92 Å². The highest BCUT2D eigenvalue weighted by molar-refractivity contribution is 6.30. The fourth-order valence-electron chi connectivity index (χ4n) is 4.16. The summed E-state index contributed by atoms with van der Waals surface area (Å²) in [6, 6.07) is 6.88. The molecule has 1 aromatic carbocycles. The lowest BCUT2D eigenvalue weighted by molar-refractivity contribution is -0.144. The Labute approximate surface area is 219 Å². The van der Waals surface area contributed by atoms with Gasteiger partial charge in [0, 0.05) is 17.9 Å². The zero-order chi connectivity index (χ0) is 25.4. The van der Waals surface area contributed by atoms with Crippen molar-refractivity contribution >= 4 is 23.5 Å². The smallest absolute Gasteiger partial charge is 0.311 e. The van der Waals surface area contributed by atoms with Gasteiger partial charge in [0.05, 0.1) is 6.61 Å². The average Bonchev–Trinajstić information content (AvgIpc) is 2.83. The molecule has 200 valence electrons. The number of ether oxygens (including phenoxy) is 2. The fourth-order valence-corrected chi connectivity index (χ4v) is 4.34. The van der Waals surface area contributed by atoms with Crippen molar-refractivity contribution < 1.29 is 19.1 Å². The lowest BCUT2D eigenvalue weighted by atomic mass is 10.1. The normalized spacial score (nSPS) is 10.9. The minimum atomic E-state index is -0.219. The second kappa shape index (κ2) is 22.9. The van der Waals surface area contributed by atoms with Crippen molar-refractivity contribution in [3.05, 3.63) is 29.3 Å². The van der Waals surface area contributed by atoms with Gasteiger partial charge >= 0.3 is 11.9 Å². The van der Waals surface area contributed by atoms with Gasteiger partial charge in [-0.2, -0.15) is 0 Å². The molecule has 0 bridgehead atoms. The predicted octanol–water partition coefficient (Wildman–Crippen LogP) is 9.61. The molecule has 0 atom stereocenters. The first-order valence-electron chi connectivity index (χ1n) is 14.2. The Hall–Kier alpha value is -1.55. The minimum Gasteiger partial charge on any atom is -0.466 e. The van der Waals surface area contributed by atoms with E-state index in [4.69, 9.17) is 21.1 Å². The molecule has 0 unspecified atom stereocenters. The Morgan fingerprint density at radius 1 is 0.657 bits per heavy atom. The molecule has 0 aliphatic rings. The molecule has 0 saturated carbocycles. The van der Waals surface area contributed by atoms with Crippen LogP contribution in [0.15, 0.2) is 24.3 Å². The van der Waals surface area contributed by atoms with E-state index in [1.165, 1.54) is 64.2 Å². The molecule has 0 heterocycles. The van der Waals surface area contributed by atoms with Crippen molar-refractivity contribution in [2.45, 2.75) is 135 Å². The van der Waals surface area contributed by atoms with Gasteiger partial charge in [-0.1, -0.05) is 121 Å². The van der Waals surface area contributed by atoms with Crippen LogP contribution in [-0.4, -0.2) is 18.5 Å². The van der Waals surface area contributed by atoms with Crippen LogP contribution in [0.4, 0.5) is 0 Å². The van der Waals surface area contributed by atoms with Crippen LogP contribution in [0.1, 0.15) is 135 Å². The van der Waals surface area contributed by atoms with E-state index in [9.17, 15) is 9.59 Å². The highest BCUT2D eigenvalue weighted by Gasteiger charge is 2.06. The van der Waals surface area contributed by atoms with Crippen LogP contribution >= 0.6 is 11.6 Å². The molecule has 0 aromatic heterocycles. The van der Waals surface area contributed by atoms with Crippen LogP contribution in [-0.2, 0) is 14.3 Å². The summed E-state index contributed by atoms with van der Waals surface area (Å²) in [5.41, 5.74) is 0. The van der Waals surface area contributed by atoms with Crippen molar-refractivity contribution in [1.82, 2.24) is 0 Å². The Kier molecular flexibility index (Phi) is 20.6. The Balaban J connectivity index is 1.80. The van der Waals surface area contributed by atoms with E-state index in [1.54, 1.807) is 24.3 Å². The van der Waals surface area contributed by atoms with Crippen molar-refractivity contribution in [2.24, 2.45) is 0 Å². The molecule has 0 aliphatic carbocycles. The van der Waals surface area contributed by atoms with Crippen LogP contribution in [0.25, 0.3) is 0 Å². The fraction of sp³-hybridized carbons (Fsp3) is 0.733. The molecule has 0 N–H and O–H groups in total. The number of carbonyl (C=O) groups excluding carboxylic acids is 2. The third kappa shape index (κ3) is 20.4. The summed E-state index contributed by atoms with van der Waals surface area (Å²) in [4.78, 5) is 23.7. The van der Waals surface area contributed by atoms with Crippen molar-refractivity contribution in [2.75, 3.05) is 6.61 Å². The summed E-state index contributed by atoms with van der Waals surface area (Å²) < 4.78 is 10.6. The van der Waals surface area contributed by atoms with Crippen molar-refractivity contribution in [3.8, 4) is 5.75 Å². The standard InChI is InChI=1S/C30H49ClO4/c1-2-3-4-5-6-7-8-9-10-13-16-19-25-34-29(32)23-17-14-11-12-15-18-24-30(33)35-28-22-20-21-27(31)26-28/h20-22,26H,2-19,23-25H2,1H3. The molecule has 1 aromatic rings. The summed E-state index contributed by atoms with van der Waals surface area (Å²) in [5, 5.41) is 0.559. The number of rotatable bonds is 23. The highest BCUT2D eigenvalue weighted by atomic mass is 35.5. The largest absolute Gasteiger partial charge is 0.466 e. The zero-order valence-corrected chi connectivity index (χ0v) is 22.9. The second-order valence-electron chi connectivity index (χ2n) is 9.66. The summed E-state index contributed by atoms with van der Waals surface area (Å²) in [5.74, 6) is 0.216. The Bertz CT molecular complexity index is 662. The lowest BCUT2D eigenvalue weighted by Gasteiger charge is -2.06. The van der Waals surface area contributed by atoms with E-state index in [-0.39, 0.29) is 11.9 Å². The van der Waals surface area contributed by atoms with Crippen LogP contribution in [0.3, 0.4) is 0 Å². The van der Waals surface area contributed by atoms with Gasteiger partial charge in [0.1, 0.15) is 5.75 Å². The molecule has 5 heteroatoms. The molecule has 4 nitrogen and oxygen atoms in total. The summed E-state index contributed by atoms with van der Waals surface area (Å²) in [6.07, 6.45) is 22.6. The van der Waals surface area contributed by atoms with Gasteiger partial charge < -0.3 is 9.47 Å². The molecule has 0 amide bonds. The van der Waals surface area contributed by atoms with Gasteiger partial charge in [0.15, 0.2) is 0 Å². The van der Waals surface area contributed by atoms with Crippen molar-refractivity contribution in [3.63, 3.8) is 0 Å². The maximum absolute atomic E-state index is 11.9. The molecule has 0 aliphatic heterocycles. The van der Waals surface area contributed by atoms with Crippen LogP contribution in [0.2, 0.25) is 5.02 Å². The number of hydrogen-bond acceptors (Lipinski definition) is 4. The van der Waals surface area contributed by atoms with Gasteiger partial charge in [-0.3, -0.25) is 9.59 Å². The third-order valence-corrected chi connectivity index (χ3v) is 6.54. The minimum absolute atomic E-state index is 0.0585. The second-order valence-corrected chi connectivity index (χ2v) is 10.1. The predicted molar refractivity (Wildman–Crippen MR) is 146 cm³/mol. The molecular weight excluding hydrogens is 460 g/mol. The van der Waals surface area contributed by atoms with Gasteiger partial charge in [0.25, 0.3) is 0 Å². The van der Waals surface area contributed by atoms with Gasteiger partial charge in [-0.15, -0.1) is 0 Å². The highest BCUT2D eigenvalue weighted by Crippen LogP contribution is 2.18. The van der Waals surface area contributed by atoms with Crippen molar-refractivity contribution in [1.29, 1.82) is 0 Å². The quantitative estimate of drug-likeness (QED) is 0.0838. The molecule has 0 spiro atoms. The maximum atomic E-state index is 11.9. The van der Waals surface area contributed by atoms with E-state index in [0.717, 1.165) is 51.4 Å². The van der Waals surface area contributed by atoms with Crippen LogP contribution < -0.4 is 4.74 Å². The molecule has 0 saturated heterocycles. The zero-order valence-electron chi connectivity index (χ0n) is 22.2. The Morgan fingerprint density at radius 3 is 1.69 bits per heavy atom. The summed E-state index contributed by atoms with van der Waals surface area (Å²) in [6.45, 7) is 2.84. The molecular formula is C30H49ClO4. The van der Waals surface area contributed by atoms with E-state index >= 15 is 0 Å². The van der Waals surface area contributed by atoms with E-state index < -0.39 is 0 Å². The van der Waals surface area contributed by atoms with E-state index in [0.29, 0.717) is 30.2 Å². The van der Waals surface area contributed by atoms with Gasteiger partial charge in [-0.05, 0) is 37.5 Å². The number of halogens is 1. The molecule has 1 rings (SSSR count). The summed E-state index contributed by atoms with van der Waals surface area (Å²) in [7, 11) is 0. The van der Waals surface area contributed by atoms with Crippen LogP contribution in [0.5, 0.6) is 5.75 Å². The number of esters is 2. The lowest BCUT2D eigenvalue weighted by Crippen LogP contribution is -2.07. The topological polar surface area (TPSA) is 52.6 Å². The Morgan fingerprint density at radius 2 is 1.14 bits per heavy atom. The molecule has 0 radical (unpaired) electrons. The number of benzene rings is 1. The average molecular weight is 509 g/mol. The third-order valence-electron chi connectivity index (χ3n) is 6.30. The number of unbranched alkanes of at least 4 members (excludes halogenated alkanes) is 16. The summed E-state index contributed by atoms with van der Waals surface area (Å²) >= 11 is 5.89. The monoisotopic (exact) mass is 508 g/mol. The van der Waals surface area contributed by atoms with Gasteiger partial charge in [0.2, 0.25) is 0 Å². The molecule has 0 fully saturated rings. The first-order chi connectivity index (χ1) is 17.1. The van der Waals surface area contributed by atoms with Gasteiger partial charge in [-0.25, -0.2) is 0 Å².